The van der Waals surface area contributed by atoms with Crippen molar-refractivity contribution in [3.63, 3.8) is 0 Å². The van der Waals surface area contributed by atoms with Crippen LogP contribution >= 0.6 is 0 Å². The molecule has 0 radical (unpaired) electrons. The van der Waals surface area contributed by atoms with Crippen LogP contribution in [0.1, 0.15) is 46.4 Å². The quantitative estimate of drug-likeness (QED) is 0.709. The molecule has 0 aromatic heterocycles. The lowest BCUT2D eigenvalue weighted by molar-refractivity contribution is -0.136. The van der Waals surface area contributed by atoms with E-state index in [1.165, 1.54) is 19.2 Å². The number of nitrogens with one attached hydrogen (secondary N) is 1. The maximum atomic E-state index is 12.8. The molecule has 1 atom stereocenters. The van der Waals surface area contributed by atoms with Gasteiger partial charge in [0.1, 0.15) is 12.1 Å². The zero-order valence-electron chi connectivity index (χ0n) is 14.7. The molecule has 9 nitrogen and oxygen atoms in total. The molecule has 1 saturated heterocycles. The highest BCUT2D eigenvalue weighted by Gasteiger charge is 2.45. The van der Waals surface area contributed by atoms with E-state index in [-0.39, 0.29) is 36.1 Å². The molecule has 1 unspecified atom stereocenters. The van der Waals surface area contributed by atoms with Crippen LogP contribution in [0.15, 0.2) is 12.1 Å². The van der Waals surface area contributed by atoms with Crippen LogP contribution in [-0.4, -0.2) is 53.8 Å². The van der Waals surface area contributed by atoms with Gasteiger partial charge in [0.05, 0.1) is 18.2 Å². The number of nitrogens with two attached hydrogens (primary N) is 1. The minimum Gasteiger partial charge on any atom is -0.493 e. The summed E-state index contributed by atoms with van der Waals surface area (Å²) in [6.07, 6.45) is 1.52. The monoisotopic (exact) mass is 373 g/mol. The number of fused-ring (bicyclic) bond motifs is 1. The van der Waals surface area contributed by atoms with Crippen LogP contribution in [0.5, 0.6) is 11.5 Å². The summed E-state index contributed by atoms with van der Waals surface area (Å²) in [7, 11) is 1.44. The van der Waals surface area contributed by atoms with E-state index >= 15 is 0 Å². The van der Waals surface area contributed by atoms with Crippen molar-refractivity contribution in [1.29, 1.82) is 0 Å². The van der Waals surface area contributed by atoms with Crippen LogP contribution in [0.3, 0.4) is 0 Å². The van der Waals surface area contributed by atoms with Gasteiger partial charge in [-0.05, 0) is 31.4 Å². The van der Waals surface area contributed by atoms with Gasteiger partial charge in [-0.1, -0.05) is 0 Å². The predicted molar refractivity (Wildman–Crippen MR) is 91.3 cm³/mol. The van der Waals surface area contributed by atoms with Gasteiger partial charge in [-0.3, -0.25) is 29.4 Å². The maximum Gasteiger partial charge on any atom is 0.262 e. The third-order valence-corrected chi connectivity index (χ3v) is 5.15. The molecule has 1 aromatic rings. The normalized spacial score (nSPS) is 27.2. The molecule has 3 N–H and O–H groups in total. The van der Waals surface area contributed by atoms with Gasteiger partial charge in [0.25, 0.3) is 11.8 Å². The van der Waals surface area contributed by atoms with E-state index in [1.807, 2.05) is 0 Å². The summed E-state index contributed by atoms with van der Waals surface area (Å²) in [5.74, 6) is -1.53. The number of benzene rings is 1. The van der Waals surface area contributed by atoms with Crippen LogP contribution in [-0.2, 0) is 9.59 Å². The van der Waals surface area contributed by atoms with E-state index in [1.54, 1.807) is 0 Å². The first-order chi connectivity index (χ1) is 12.9. The lowest BCUT2D eigenvalue weighted by atomic mass is 9.90. The number of ether oxygens (including phenoxy) is 2. The maximum absolute atomic E-state index is 12.8. The molecule has 2 fully saturated rings. The Kier molecular flexibility index (Phi) is 4.11. The number of piperidine rings is 1. The summed E-state index contributed by atoms with van der Waals surface area (Å²) in [6, 6.07) is 2.02. The number of nitrogens with zero attached hydrogens (tertiary/aromatic N) is 1. The van der Waals surface area contributed by atoms with Crippen molar-refractivity contribution in [3.8, 4) is 11.5 Å². The first kappa shape index (κ1) is 17.5. The van der Waals surface area contributed by atoms with Crippen LogP contribution in [0.2, 0.25) is 0 Å². The molecule has 2 aliphatic heterocycles. The molecule has 4 amide bonds. The molecular weight excluding hydrogens is 354 g/mol. The number of imide groups is 2. The second-order valence-electron chi connectivity index (χ2n) is 6.97. The second kappa shape index (κ2) is 6.34. The highest BCUT2D eigenvalue weighted by atomic mass is 16.5. The number of methoxy groups -OCH3 is 1. The highest BCUT2D eigenvalue weighted by Crippen LogP contribution is 2.38. The van der Waals surface area contributed by atoms with Gasteiger partial charge < -0.3 is 15.2 Å². The first-order valence-corrected chi connectivity index (χ1v) is 8.75. The van der Waals surface area contributed by atoms with Gasteiger partial charge in [0.15, 0.2) is 11.5 Å². The molecule has 27 heavy (non-hydrogen) atoms. The number of carbonyl (C=O) groups excluding carboxylic acids is 4. The Morgan fingerprint density at radius 1 is 1.07 bits per heavy atom. The highest BCUT2D eigenvalue weighted by molar-refractivity contribution is 6.23. The van der Waals surface area contributed by atoms with Crippen LogP contribution in [0.25, 0.3) is 0 Å². The number of rotatable bonds is 4. The minimum atomic E-state index is -1.00. The average Bonchev–Trinajstić information content (AvgIpc) is 2.84. The average molecular weight is 373 g/mol. The van der Waals surface area contributed by atoms with Crippen molar-refractivity contribution in [1.82, 2.24) is 10.2 Å². The van der Waals surface area contributed by atoms with Crippen LogP contribution in [0, 0.1) is 0 Å². The molecule has 3 aliphatic rings. The molecule has 0 bridgehead atoms. The number of hydrogen-bond acceptors (Lipinski definition) is 7. The second-order valence-corrected chi connectivity index (χ2v) is 6.97. The summed E-state index contributed by atoms with van der Waals surface area (Å²) in [6.45, 7) is 0. The molecule has 1 saturated carbocycles. The number of carbonyl (C=O) groups is 4. The van der Waals surface area contributed by atoms with Gasteiger partial charge in [-0.25, -0.2) is 0 Å². The first-order valence-electron chi connectivity index (χ1n) is 8.75. The Labute approximate surface area is 154 Å². The topological polar surface area (TPSA) is 128 Å². The fourth-order valence-electron chi connectivity index (χ4n) is 3.61. The smallest absolute Gasteiger partial charge is 0.262 e. The summed E-state index contributed by atoms with van der Waals surface area (Å²) in [5.41, 5.74) is 6.08. The van der Waals surface area contributed by atoms with Gasteiger partial charge in [-0.2, -0.15) is 0 Å². The molecule has 0 spiro atoms. The predicted octanol–water partition coefficient (Wildman–Crippen LogP) is -0.0351. The zero-order valence-corrected chi connectivity index (χ0v) is 14.7. The Hall–Kier alpha value is -2.94. The van der Waals surface area contributed by atoms with E-state index in [0.717, 1.165) is 4.90 Å². The molecule has 1 aliphatic carbocycles. The SMILES string of the molecule is COc1cc2c(cc1O[C@H]1C[C@H](N)C1)C(=O)N(C1CCC(=O)NC1=O)C2=O. The van der Waals surface area contributed by atoms with Gasteiger partial charge in [-0.15, -0.1) is 0 Å². The summed E-state index contributed by atoms with van der Waals surface area (Å²) < 4.78 is 11.2. The number of amides is 4. The van der Waals surface area contributed by atoms with E-state index in [9.17, 15) is 19.2 Å². The summed E-state index contributed by atoms with van der Waals surface area (Å²) in [5, 5.41) is 2.17. The molecule has 1 aromatic carbocycles. The van der Waals surface area contributed by atoms with Gasteiger partial charge in [0.2, 0.25) is 11.8 Å². The lowest BCUT2D eigenvalue weighted by Crippen LogP contribution is -2.54. The molecule has 9 heteroatoms. The molecule has 4 rings (SSSR count). The Morgan fingerprint density at radius 2 is 1.70 bits per heavy atom. The van der Waals surface area contributed by atoms with Gasteiger partial charge >= 0.3 is 0 Å². The van der Waals surface area contributed by atoms with Crippen molar-refractivity contribution in [2.24, 2.45) is 5.73 Å². The minimum absolute atomic E-state index is 0.0644. The zero-order chi connectivity index (χ0) is 19.3. The number of hydrogen-bond donors (Lipinski definition) is 2. The molecular formula is C18H19N3O6. The Balaban J connectivity index is 1.64. The van der Waals surface area contributed by atoms with E-state index in [2.05, 4.69) is 5.32 Å². The standard InChI is InChI=1S/C18H19N3O6/c1-26-13-6-10-11(7-14(13)27-9-4-8(19)5-9)18(25)21(17(10)24)12-2-3-15(22)20-16(12)23/h6-9,12H,2-5,19H2,1H3,(H,20,22,23)/t8-,9-,12?. The molecule has 2 heterocycles. The Bertz CT molecular complexity index is 861. The van der Waals surface area contributed by atoms with E-state index in [4.69, 9.17) is 15.2 Å². The van der Waals surface area contributed by atoms with Crippen molar-refractivity contribution < 1.29 is 28.7 Å². The van der Waals surface area contributed by atoms with E-state index in [0.29, 0.717) is 24.3 Å². The third-order valence-electron chi connectivity index (χ3n) is 5.15. The van der Waals surface area contributed by atoms with E-state index < -0.39 is 29.7 Å². The van der Waals surface area contributed by atoms with Gasteiger partial charge in [0, 0.05) is 12.5 Å². The van der Waals surface area contributed by atoms with Crippen molar-refractivity contribution in [2.75, 3.05) is 7.11 Å². The summed E-state index contributed by atoms with van der Waals surface area (Å²) in [4.78, 5) is 50.0. The van der Waals surface area contributed by atoms with Crippen molar-refractivity contribution in [2.45, 2.75) is 43.9 Å². The van der Waals surface area contributed by atoms with Crippen LogP contribution in [0.4, 0.5) is 0 Å². The van der Waals surface area contributed by atoms with Crippen molar-refractivity contribution in [3.05, 3.63) is 23.3 Å². The lowest BCUT2D eigenvalue weighted by Gasteiger charge is -2.33. The van der Waals surface area contributed by atoms with Crippen LogP contribution < -0.4 is 20.5 Å². The van der Waals surface area contributed by atoms with Crippen molar-refractivity contribution >= 4 is 23.6 Å². The summed E-state index contributed by atoms with van der Waals surface area (Å²) >= 11 is 0. The molecule has 142 valence electrons. The fourth-order valence-corrected chi connectivity index (χ4v) is 3.61. The Morgan fingerprint density at radius 3 is 2.26 bits per heavy atom. The third kappa shape index (κ3) is 2.84. The fraction of sp³-hybridized carbons (Fsp3) is 0.444. The largest absolute Gasteiger partial charge is 0.493 e.